The normalized spacial score (nSPS) is 9.23. The SMILES string of the molecule is C=CCOc1cc(C=O)ccc1O. The number of benzene rings is 1. The molecule has 0 saturated heterocycles. The van der Waals surface area contributed by atoms with Crippen LogP contribution in [0.4, 0.5) is 0 Å². The minimum Gasteiger partial charge on any atom is -0.504 e. The van der Waals surface area contributed by atoms with Crippen LogP contribution in [0, 0.1) is 0 Å². The van der Waals surface area contributed by atoms with E-state index in [0.29, 0.717) is 24.2 Å². The zero-order valence-corrected chi connectivity index (χ0v) is 7.06. The van der Waals surface area contributed by atoms with Gasteiger partial charge >= 0.3 is 0 Å². The van der Waals surface area contributed by atoms with Crippen molar-refractivity contribution >= 4 is 6.29 Å². The van der Waals surface area contributed by atoms with Gasteiger partial charge in [-0.25, -0.2) is 0 Å². The number of aldehydes is 1. The van der Waals surface area contributed by atoms with Gasteiger partial charge in [-0.05, 0) is 18.2 Å². The van der Waals surface area contributed by atoms with Crippen molar-refractivity contribution in [1.82, 2.24) is 0 Å². The number of phenols is 1. The molecule has 3 heteroatoms. The number of rotatable bonds is 4. The smallest absolute Gasteiger partial charge is 0.162 e. The fraction of sp³-hybridized carbons (Fsp3) is 0.100. The van der Waals surface area contributed by atoms with Crippen LogP contribution < -0.4 is 4.74 Å². The summed E-state index contributed by atoms with van der Waals surface area (Å²) < 4.78 is 5.10. The third kappa shape index (κ3) is 2.33. The van der Waals surface area contributed by atoms with Crippen LogP contribution in [0.1, 0.15) is 10.4 Å². The Morgan fingerprint density at radius 1 is 1.54 bits per heavy atom. The number of carbonyl (C=O) groups is 1. The predicted octanol–water partition coefficient (Wildman–Crippen LogP) is 1.77. The summed E-state index contributed by atoms with van der Waals surface area (Å²) in [5, 5.41) is 9.28. The highest BCUT2D eigenvalue weighted by molar-refractivity contribution is 5.76. The molecule has 0 spiro atoms. The molecule has 0 aliphatic rings. The molecule has 0 atom stereocenters. The molecule has 68 valence electrons. The maximum absolute atomic E-state index is 10.4. The van der Waals surface area contributed by atoms with E-state index in [1.54, 1.807) is 6.08 Å². The Bertz CT molecular complexity index is 318. The number of phenolic OH excluding ortho intramolecular Hbond substituents is 1. The van der Waals surface area contributed by atoms with Crippen LogP contribution in [-0.2, 0) is 0 Å². The second-order valence-electron chi connectivity index (χ2n) is 2.44. The van der Waals surface area contributed by atoms with E-state index in [1.807, 2.05) is 0 Å². The molecule has 0 unspecified atom stereocenters. The maximum atomic E-state index is 10.4. The first-order valence-electron chi connectivity index (χ1n) is 3.80. The summed E-state index contributed by atoms with van der Waals surface area (Å²) in [6.07, 6.45) is 2.26. The molecule has 0 saturated carbocycles. The number of aromatic hydroxyl groups is 1. The van der Waals surface area contributed by atoms with Crippen LogP contribution in [0.2, 0.25) is 0 Å². The molecule has 0 amide bonds. The van der Waals surface area contributed by atoms with Crippen LogP contribution >= 0.6 is 0 Å². The summed E-state index contributed by atoms with van der Waals surface area (Å²) >= 11 is 0. The second-order valence-corrected chi connectivity index (χ2v) is 2.44. The maximum Gasteiger partial charge on any atom is 0.162 e. The van der Waals surface area contributed by atoms with Crippen molar-refractivity contribution < 1.29 is 14.6 Å². The topological polar surface area (TPSA) is 46.5 Å². The lowest BCUT2D eigenvalue weighted by Crippen LogP contribution is -1.94. The highest BCUT2D eigenvalue weighted by Crippen LogP contribution is 2.25. The molecule has 0 heterocycles. The summed E-state index contributed by atoms with van der Waals surface area (Å²) in [5.41, 5.74) is 0.469. The Labute approximate surface area is 76.3 Å². The molecule has 3 nitrogen and oxygen atoms in total. The van der Waals surface area contributed by atoms with Crippen LogP contribution in [-0.4, -0.2) is 18.0 Å². The lowest BCUT2D eigenvalue weighted by atomic mass is 10.2. The first-order valence-corrected chi connectivity index (χ1v) is 3.80. The average molecular weight is 178 g/mol. The Balaban J connectivity index is 2.89. The Morgan fingerprint density at radius 3 is 2.92 bits per heavy atom. The minimum absolute atomic E-state index is 0.0208. The third-order valence-corrected chi connectivity index (χ3v) is 1.48. The van der Waals surface area contributed by atoms with Gasteiger partial charge in [0.15, 0.2) is 11.5 Å². The van der Waals surface area contributed by atoms with E-state index in [-0.39, 0.29) is 5.75 Å². The molecular weight excluding hydrogens is 168 g/mol. The van der Waals surface area contributed by atoms with Crippen molar-refractivity contribution in [3.63, 3.8) is 0 Å². The molecule has 0 aromatic heterocycles. The molecule has 0 aliphatic carbocycles. The molecule has 1 aromatic carbocycles. The van der Waals surface area contributed by atoms with Gasteiger partial charge in [-0.15, -0.1) is 0 Å². The summed E-state index contributed by atoms with van der Waals surface area (Å²) in [5.74, 6) is 0.317. The zero-order chi connectivity index (χ0) is 9.68. The molecule has 1 aromatic rings. The van der Waals surface area contributed by atoms with Gasteiger partial charge in [0.1, 0.15) is 12.9 Å². The van der Waals surface area contributed by atoms with Crippen LogP contribution in [0.15, 0.2) is 30.9 Å². The van der Waals surface area contributed by atoms with Crippen LogP contribution in [0.5, 0.6) is 11.5 Å². The van der Waals surface area contributed by atoms with E-state index in [2.05, 4.69) is 6.58 Å². The van der Waals surface area contributed by atoms with E-state index < -0.39 is 0 Å². The van der Waals surface area contributed by atoms with Gasteiger partial charge in [0.25, 0.3) is 0 Å². The number of hydrogen-bond donors (Lipinski definition) is 1. The van der Waals surface area contributed by atoms with Gasteiger partial charge < -0.3 is 9.84 Å². The molecule has 1 rings (SSSR count). The van der Waals surface area contributed by atoms with Gasteiger partial charge in [0.05, 0.1) is 0 Å². The lowest BCUT2D eigenvalue weighted by molar-refractivity contribution is 0.112. The third-order valence-electron chi connectivity index (χ3n) is 1.48. The minimum atomic E-state index is 0.0208. The van der Waals surface area contributed by atoms with Crippen molar-refractivity contribution in [2.24, 2.45) is 0 Å². The molecule has 0 radical (unpaired) electrons. The standard InChI is InChI=1S/C10H10O3/c1-2-5-13-10-6-8(7-11)3-4-9(10)12/h2-4,6-7,12H,1,5H2. The van der Waals surface area contributed by atoms with Gasteiger partial charge in [0.2, 0.25) is 0 Å². The molecule has 0 bridgehead atoms. The van der Waals surface area contributed by atoms with Gasteiger partial charge in [-0.3, -0.25) is 4.79 Å². The van der Waals surface area contributed by atoms with Gasteiger partial charge in [-0.1, -0.05) is 12.7 Å². The van der Waals surface area contributed by atoms with Crippen molar-refractivity contribution in [2.75, 3.05) is 6.61 Å². The van der Waals surface area contributed by atoms with E-state index >= 15 is 0 Å². The molecule has 0 aliphatic heterocycles. The van der Waals surface area contributed by atoms with Crippen LogP contribution in [0.3, 0.4) is 0 Å². The summed E-state index contributed by atoms with van der Waals surface area (Å²) in [6.45, 7) is 3.77. The van der Waals surface area contributed by atoms with Crippen molar-refractivity contribution in [3.8, 4) is 11.5 Å². The Morgan fingerprint density at radius 2 is 2.31 bits per heavy atom. The number of ether oxygens (including phenoxy) is 1. The highest BCUT2D eigenvalue weighted by Gasteiger charge is 2.02. The Hall–Kier alpha value is -1.77. The van der Waals surface area contributed by atoms with E-state index in [9.17, 15) is 9.90 Å². The molecule has 0 fully saturated rings. The number of carbonyl (C=O) groups excluding carboxylic acids is 1. The second kappa shape index (κ2) is 4.30. The van der Waals surface area contributed by atoms with Crippen LogP contribution in [0.25, 0.3) is 0 Å². The van der Waals surface area contributed by atoms with E-state index in [4.69, 9.17) is 4.74 Å². The largest absolute Gasteiger partial charge is 0.504 e. The Kier molecular flexibility index (Phi) is 3.09. The summed E-state index contributed by atoms with van der Waals surface area (Å²) in [7, 11) is 0. The monoisotopic (exact) mass is 178 g/mol. The predicted molar refractivity (Wildman–Crippen MR) is 49.2 cm³/mol. The van der Waals surface area contributed by atoms with Gasteiger partial charge in [-0.2, -0.15) is 0 Å². The van der Waals surface area contributed by atoms with Crippen molar-refractivity contribution in [2.45, 2.75) is 0 Å². The van der Waals surface area contributed by atoms with E-state index in [1.165, 1.54) is 18.2 Å². The molecule has 1 N–H and O–H groups in total. The first-order chi connectivity index (χ1) is 6.27. The number of hydrogen-bond acceptors (Lipinski definition) is 3. The van der Waals surface area contributed by atoms with Crippen molar-refractivity contribution in [3.05, 3.63) is 36.4 Å². The quantitative estimate of drug-likeness (QED) is 0.564. The summed E-state index contributed by atoms with van der Waals surface area (Å²) in [6, 6.07) is 4.41. The molecule has 13 heavy (non-hydrogen) atoms. The first kappa shape index (κ1) is 9.32. The lowest BCUT2D eigenvalue weighted by Gasteiger charge is -2.05. The fourth-order valence-electron chi connectivity index (χ4n) is 0.868. The highest BCUT2D eigenvalue weighted by atomic mass is 16.5. The van der Waals surface area contributed by atoms with Gasteiger partial charge in [0, 0.05) is 5.56 Å². The zero-order valence-electron chi connectivity index (χ0n) is 7.06. The fourth-order valence-corrected chi connectivity index (χ4v) is 0.868. The molecular formula is C10H10O3. The van der Waals surface area contributed by atoms with Crippen molar-refractivity contribution in [1.29, 1.82) is 0 Å². The average Bonchev–Trinajstić information content (AvgIpc) is 2.17. The van der Waals surface area contributed by atoms with E-state index in [0.717, 1.165) is 0 Å². The summed E-state index contributed by atoms with van der Waals surface area (Å²) in [4.78, 5) is 10.4.